The summed E-state index contributed by atoms with van der Waals surface area (Å²) in [7, 11) is 0. The van der Waals surface area contributed by atoms with Gasteiger partial charge in [-0.15, -0.1) is 0 Å². The Morgan fingerprint density at radius 3 is 1.33 bits per heavy atom. The molecule has 0 fully saturated rings. The molecule has 9 rings (SSSR count). The van der Waals surface area contributed by atoms with Crippen LogP contribution in [0.4, 0.5) is 0 Å². The summed E-state index contributed by atoms with van der Waals surface area (Å²) in [5, 5.41) is 0. The molecule has 1 heterocycles. The van der Waals surface area contributed by atoms with E-state index < -0.39 is 5.41 Å². The SMILES string of the molecule is c1ccc(-c2cc(-c3ccccc3)nc(-c3ccc(-c4ccc5c(c4)C(c4ccccc4)(c4ccccc4)c4ccccc4-5)cc3)n2)cc1. The van der Waals surface area contributed by atoms with Gasteiger partial charge in [0.15, 0.2) is 5.82 Å². The molecule has 0 saturated heterocycles. The van der Waals surface area contributed by atoms with E-state index in [4.69, 9.17) is 9.97 Å². The van der Waals surface area contributed by atoms with Crippen LogP contribution in [-0.4, -0.2) is 9.97 Å². The van der Waals surface area contributed by atoms with Crippen LogP contribution in [0, 0.1) is 0 Å². The van der Waals surface area contributed by atoms with E-state index in [0.29, 0.717) is 5.82 Å². The maximum atomic E-state index is 5.05. The number of fused-ring (bicyclic) bond motifs is 3. The molecule has 0 atom stereocenters. The summed E-state index contributed by atoms with van der Waals surface area (Å²) >= 11 is 0. The number of benzene rings is 7. The van der Waals surface area contributed by atoms with E-state index in [9.17, 15) is 0 Å². The zero-order valence-corrected chi connectivity index (χ0v) is 26.9. The van der Waals surface area contributed by atoms with Crippen molar-refractivity contribution in [3.8, 4) is 56.2 Å². The predicted molar refractivity (Wildman–Crippen MR) is 201 cm³/mol. The van der Waals surface area contributed by atoms with Crippen molar-refractivity contribution in [2.45, 2.75) is 5.41 Å². The largest absolute Gasteiger partial charge is 0.228 e. The molecule has 8 aromatic rings. The summed E-state index contributed by atoms with van der Waals surface area (Å²) in [4.78, 5) is 10.1. The van der Waals surface area contributed by atoms with Crippen molar-refractivity contribution in [1.29, 1.82) is 0 Å². The quantitative estimate of drug-likeness (QED) is 0.184. The topological polar surface area (TPSA) is 25.8 Å². The molecule has 0 radical (unpaired) electrons. The van der Waals surface area contributed by atoms with Crippen LogP contribution in [0.15, 0.2) is 194 Å². The Bertz CT molecular complexity index is 2300. The van der Waals surface area contributed by atoms with Gasteiger partial charge in [0.1, 0.15) is 0 Å². The molecular weight excluding hydrogens is 593 g/mol. The molecule has 0 bridgehead atoms. The molecule has 0 aliphatic heterocycles. The smallest absolute Gasteiger partial charge is 0.160 e. The van der Waals surface area contributed by atoms with Gasteiger partial charge in [-0.1, -0.05) is 182 Å². The molecule has 230 valence electrons. The third-order valence-electron chi connectivity index (χ3n) is 9.80. The maximum Gasteiger partial charge on any atom is 0.160 e. The second-order valence-electron chi connectivity index (χ2n) is 12.6. The van der Waals surface area contributed by atoms with Gasteiger partial charge in [-0.3, -0.25) is 0 Å². The average molecular weight is 625 g/mol. The van der Waals surface area contributed by atoms with Crippen LogP contribution in [0.25, 0.3) is 56.2 Å². The van der Waals surface area contributed by atoms with Crippen molar-refractivity contribution in [2.75, 3.05) is 0 Å². The van der Waals surface area contributed by atoms with E-state index >= 15 is 0 Å². The van der Waals surface area contributed by atoms with Crippen molar-refractivity contribution in [3.05, 3.63) is 216 Å². The first-order chi connectivity index (χ1) is 24.3. The molecule has 1 aromatic heterocycles. The lowest BCUT2D eigenvalue weighted by molar-refractivity contribution is 0.769. The first kappa shape index (κ1) is 28.8. The van der Waals surface area contributed by atoms with Crippen LogP contribution >= 0.6 is 0 Å². The maximum absolute atomic E-state index is 5.05. The lowest BCUT2D eigenvalue weighted by Gasteiger charge is -2.34. The average Bonchev–Trinajstić information content (AvgIpc) is 3.49. The lowest BCUT2D eigenvalue weighted by Crippen LogP contribution is -2.28. The molecule has 7 aromatic carbocycles. The summed E-state index contributed by atoms with van der Waals surface area (Å²) in [6.07, 6.45) is 0. The zero-order valence-electron chi connectivity index (χ0n) is 26.9. The Morgan fingerprint density at radius 1 is 0.306 bits per heavy atom. The van der Waals surface area contributed by atoms with Crippen molar-refractivity contribution in [2.24, 2.45) is 0 Å². The van der Waals surface area contributed by atoms with Gasteiger partial charge in [0.2, 0.25) is 0 Å². The minimum Gasteiger partial charge on any atom is -0.228 e. The van der Waals surface area contributed by atoms with E-state index in [1.807, 2.05) is 36.4 Å². The number of hydrogen-bond donors (Lipinski definition) is 0. The minimum atomic E-state index is -0.427. The fraction of sp³-hybridized carbons (Fsp3) is 0.0213. The van der Waals surface area contributed by atoms with Gasteiger partial charge in [-0.25, -0.2) is 9.97 Å². The van der Waals surface area contributed by atoms with Gasteiger partial charge in [-0.05, 0) is 56.6 Å². The summed E-state index contributed by atoms with van der Waals surface area (Å²) < 4.78 is 0. The van der Waals surface area contributed by atoms with Gasteiger partial charge in [0.05, 0.1) is 16.8 Å². The predicted octanol–water partition coefficient (Wildman–Crippen LogP) is 11.5. The van der Waals surface area contributed by atoms with E-state index in [2.05, 4.69) is 158 Å². The number of aromatic nitrogens is 2. The molecular formula is C47H32N2. The van der Waals surface area contributed by atoms with Crippen LogP contribution in [0.3, 0.4) is 0 Å². The Morgan fingerprint density at radius 2 is 0.755 bits per heavy atom. The Labute approximate surface area is 287 Å². The van der Waals surface area contributed by atoms with Crippen molar-refractivity contribution < 1.29 is 0 Å². The van der Waals surface area contributed by atoms with Crippen LogP contribution in [-0.2, 0) is 5.41 Å². The standard InChI is InChI=1S/C47H32N2/c1-5-15-34(16-6-1)44-32-45(35-17-7-2-8-18-35)49-46(48-44)36-27-25-33(26-28-36)37-29-30-41-40-23-13-14-24-42(40)47(43(41)31-37,38-19-9-3-10-20-38)39-21-11-4-12-22-39/h1-32H. The van der Waals surface area contributed by atoms with E-state index in [-0.39, 0.29) is 0 Å². The summed E-state index contributed by atoms with van der Waals surface area (Å²) in [5.74, 6) is 0.711. The number of hydrogen-bond acceptors (Lipinski definition) is 2. The molecule has 1 aliphatic rings. The minimum absolute atomic E-state index is 0.427. The van der Waals surface area contributed by atoms with Gasteiger partial charge in [0.25, 0.3) is 0 Å². The Hall–Kier alpha value is -6.38. The van der Waals surface area contributed by atoms with E-state index in [1.165, 1.54) is 38.9 Å². The van der Waals surface area contributed by atoms with Gasteiger partial charge in [0, 0.05) is 16.7 Å². The highest BCUT2D eigenvalue weighted by molar-refractivity contribution is 5.88. The van der Waals surface area contributed by atoms with Crippen LogP contribution in [0.1, 0.15) is 22.3 Å². The second-order valence-corrected chi connectivity index (χ2v) is 12.6. The molecule has 0 unspecified atom stereocenters. The lowest BCUT2D eigenvalue weighted by atomic mass is 9.67. The highest BCUT2D eigenvalue weighted by Gasteiger charge is 2.46. The van der Waals surface area contributed by atoms with Crippen LogP contribution in [0.5, 0.6) is 0 Å². The van der Waals surface area contributed by atoms with Crippen molar-refractivity contribution >= 4 is 0 Å². The van der Waals surface area contributed by atoms with Gasteiger partial charge >= 0.3 is 0 Å². The molecule has 0 amide bonds. The van der Waals surface area contributed by atoms with Crippen molar-refractivity contribution in [3.63, 3.8) is 0 Å². The molecule has 49 heavy (non-hydrogen) atoms. The monoisotopic (exact) mass is 624 g/mol. The number of nitrogens with zero attached hydrogens (tertiary/aromatic N) is 2. The highest BCUT2D eigenvalue weighted by atomic mass is 14.9. The third kappa shape index (κ3) is 4.89. The molecule has 2 nitrogen and oxygen atoms in total. The summed E-state index contributed by atoms with van der Waals surface area (Å²) in [6.45, 7) is 0. The molecule has 1 aliphatic carbocycles. The Balaban J connectivity index is 1.17. The number of rotatable bonds is 6. The van der Waals surface area contributed by atoms with E-state index in [1.54, 1.807) is 0 Å². The zero-order chi connectivity index (χ0) is 32.6. The molecule has 0 saturated carbocycles. The normalized spacial score (nSPS) is 12.7. The summed E-state index contributed by atoms with van der Waals surface area (Å²) in [6, 6.07) is 69.2. The van der Waals surface area contributed by atoms with Crippen LogP contribution in [0.2, 0.25) is 0 Å². The molecule has 0 spiro atoms. The van der Waals surface area contributed by atoms with Crippen LogP contribution < -0.4 is 0 Å². The molecule has 0 N–H and O–H groups in total. The third-order valence-corrected chi connectivity index (χ3v) is 9.80. The fourth-order valence-electron chi connectivity index (χ4n) is 7.53. The fourth-order valence-corrected chi connectivity index (χ4v) is 7.53. The first-order valence-electron chi connectivity index (χ1n) is 16.8. The Kier molecular flexibility index (Phi) is 7.06. The molecule has 2 heteroatoms. The van der Waals surface area contributed by atoms with E-state index in [0.717, 1.165) is 33.6 Å². The van der Waals surface area contributed by atoms with Gasteiger partial charge in [-0.2, -0.15) is 0 Å². The first-order valence-corrected chi connectivity index (χ1v) is 16.8. The summed E-state index contributed by atoms with van der Waals surface area (Å²) in [5.41, 5.74) is 14.6. The highest BCUT2D eigenvalue weighted by Crippen LogP contribution is 2.56. The second kappa shape index (κ2) is 12.0. The van der Waals surface area contributed by atoms with Gasteiger partial charge < -0.3 is 0 Å². The van der Waals surface area contributed by atoms with Crippen molar-refractivity contribution in [1.82, 2.24) is 9.97 Å².